The molecule has 0 aromatic heterocycles. The molecule has 81 heavy (non-hydrogen) atoms. The Morgan fingerprint density at radius 1 is 0.642 bits per heavy atom. The van der Waals surface area contributed by atoms with Gasteiger partial charge >= 0.3 is 42.2 Å². The van der Waals surface area contributed by atoms with Crippen LogP contribution >= 0.6 is 0 Å². The highest BCUT2D eigenvalue weighted by molar-refractivity contribution is 5.78. The number of hydrogen-bond acceptors (Lipinski definition) is 14. The quantitative estimate of drug-likeness (QED) is 0.0748. The summed E-state index contributed by atoms with van der Waals surface area (Å²) in [6, 6.07) is 0. The van der Waals surface area contributed by atoms with E-state index in [0.717, 1.165) is 42.4 Å². The van der Waals surface area contributed by atoms with Gasteiger partial charge in [0.2, 0.25) is 0 Å². The van der Waals surface area contributed by atoms with Crippen molar-refractivity contribution in [3.05, 3.63) is 0 Å². The minimum atomic E-state index is -5.81. The van der Waals surface area contributed by atoms with Crippen molar-refractivity contribution in [1.29, 1.82) is 0 Å². The lowest BCUT2D eigenvalue weighted by atomic mass is 9.50. The van der Waals surface area contributed by atoms with Gasteiger partial charge in [0.25, 0.3) is 5.60 Å². The number of halogens is 6. The van der Waals surface area contributed by atoms with E-state index < -0.39 is 65.2 Å². The van der Waals surface area contributed by atoms with Crippen LogP contribution in [0.2, 0.25) is 0 Å². The molecule has 9 saturated carbocycles. The van der Waals surface area contributed by atoms with Crippen molar-refractivity contribution in [3.63, 3.8) is 0 Å². The third kappa shape index (κ3) is 12.3. The molecule has 14 nitrogen and oxygen atoms in total. The van der Waals surface area contributed by atoms with Gasteiger partial charge in [-0.15, -0.1) is 0 Å². The molecule has 3 heterocycles. The minimum absolute atomic E-state index is 0.0737. The molecule has 0 amide bonds. The number of fused-ring (bicyclic) bond motifs is 8. The first-order valence-corrected chi connectivity index (χ1v) is 30.7. The summed E-state index contributed by atoms with van der Waals surface area (Å²) in [4.78, 5) is 59.9. The Morgan fingerprint density at radius 3 is 1.70 bits per heavy atom. The molecule has 0 spiro atoms. The summed E-state index contributed by atoms with van der Waals surface area (Å²) in [6.07, 6.45) is 2.28. The van der Waals surface area contributed by atoms with Gasteiger partial charge in [0.15, 0.2) is 12.2 Å². The van der Waals surface area contributed by atoms with Crippen LogP contribution in [0.25, 0.3) is 0 Å². The lowest BCUT2D eigenvalue weighted by Gasteiger charge is -2.59. The van der Waals surface area contributed by atoms with E-state index >= 15 is 0 Å². The Labute approximate surface area is 473 Å². The van der Waals surface area contributed by atoms with Crippen LogP contribution in [0.15, 0.2) is 0 Å². The number of esters is 5. The predicted molar refractivity (Wildman–Crippen MR) is 281 cm³/mol. The number of aliphatic hydroxyl groups is 3. The molecule has 3 N–H and O–H groups in total. The number of carbonyl (C=O) groups is 5. The summed E-state index contributed by atoms with van der Waals surface area (Å²) in [5.41, 5.74) is -6.47. The zero-order valence-electron chi connectivity index (χ0n) is 49.0. The maximum absolute atomic E-state index is 12.9. The van der Waals surface area contributed by atoms with Gasteiger partial charge in [-0.2, -0.15) is 26.3 Å². The highest BCUT2D eigenvalue weighted by Gasteiger charge is 2.72. The third-order valence-corrected chi connectivity index (χ3v) is 22.7. The molecule has 3 aliphatic heterocycles. The van der Waals surface area contributed by atoms with E-state index in [-0.39, 0.29) is 97.2 Å². The van der Waals surface area contributed by atoms with Crippen LogP contribution in [0.5, 0.6) is 0 Å². The zero-order valence-corrected chi connectivity index (χ0v) is 49.0. The smallest absolute Gasteiger partial charge is 0.426 e. The fourth-order valence-corrected chi connectivity index (χ4v) is 16.5. The molecule has 0 radical (unpaired) electrons. The SMILES string of the molecule is CCC(C)(CO)C(=O)OC1(C)C2CC3CC(C2)CC1C3.CCC(C)(CO)C(=O)OC1CC2CC1C1CCCC21.CCC(C)C(=O)OC1C2CC3C(=O)OC1C3O2.CCC(C)C(=O)OC1CC2CC(CC(O)(C(F)(F)F)C(F)(F)F)C1C2. The fraction of sp³-hybridized carbons (Fsp3) is 0.918. The molecule has 18 atom stereocenters. The van der Waals surface area contributed by atoms with Crippen LogP contribution in [0, 0.1) is 93.7 Å². The molecule has 9 aliphatic carbocycles. The molecule has 462 valence electrons. The minimum Gasteiger partial charge on any atom is -0.462 e. The van der Waals surface area contributed by atoms with E-state index in [0.29, 0.717) is 56.3 Å². The van der Waals surface area contributed by atoms with Crippen molar-refractivity contribution in [3.8, 4) is 0 Å². The highest BCUT2D eigenvalue weighted by atomic mass is 19.4. The van der Waals surface area contributed by atoms with Gasteiger partial charge in [-0.1, -0.05) is 48.0 Å². The molecule has 12 rings (SSSR count). The number of ether oxygens (including phenoxy) is 6. The average Bonchev–Trinajstić information content (AvgIpc) is 4.53. The van der Waals surface area contributed by atoms with Gasteiger partial charge < -0.3 is 43.7 Å². The maximum atomic E-state index is 12.9. The summed E-state index contributed by atoms with van der Waals surface area (Å²) in [5.74, 6) is 2.43. The van der Waals surface area contributed by atoms with E-state index in [1.165, 1.54) is 57.8 Å². The van der Waals surface area contributed by atoms with Gasteiger partial charge in [0.05, 0.1) is 47.9 Å². The van der Waals surface area contributed by atoms with E-state index in [1.54, 1.807) is 20.8 Å². The molecule has 3 saturated heterocycles. The highest BCUT2D eigenvalue weighted by Crippen LogP contribution is 2.62. The van der Waals surface area contributed by atoms with Gasteiger partial charge in [-0.3, -0.25) is 24.0 Å². The topological polar surface area (TPSA) is 201 Å². The zero-order chi connectivity index (χ0) is 59.5. The molecule has 18 unspecified atom stereocenters. The van der Waals surface area contributed by atoms with Gasteiger partial charge in [0.1, 0.15) is 23.9 Å². The first-order valence-electron chi connectivity index (χ1n) is 30.7. The second kappa shape index (κ2) is 24.3. The summed E-state index contributed by atoms with van der Waals surface area (Å²) < 4.78 is 111. The Bertz CT molecular complexity index is 2200. The fourth-order valence-electron chi connectivity index (χ4n) is 16.5. The van der Waals surface area contributed by atoms with Crippen molar-refractivity contribution in [2.75, 3.05) is 13.2 Å². The van der Waals surface area contributed by atoms with Crippen LogP contribution < -0.4 is 0 Å². The Hall–Kier alpha value is -3.23. The third-order valence-electron chi connectivity index (χ3n) is 22.7. The number of aliphatic hydroxyl groups excluding tert-OH is 2. The molecule has 0 aromatic carbocycles. The first kappa shape index (κ1) is 63.8. The van der Waals surface area contributed by atoms with Crippen molar-refractivity contribution >= 4 is 29.8 Å². The average molecular weight is 1160 g/mol. The van der Waals surface area contributed by atoms with Crippen LogP contribution in [0.3, 0.4) is 0 Å². The van der Waals surface area contributed by atoms with Crippen molar-refractivity contribution in [2.24, 2.45) is 93.7 Å². The van der Waals surface area contributed by atoms with Gasteiger partial charge in [-0.05, 0) is 201 Å². The number of alkyl halides is 6. The van der Waals surface area contributed by atoms with Crippen molar-refractivity contribution in [2.45, 2.75) is 244 Å². The second-order valence-corrected chi connectivity index (χ2v) is 27.6. The maximum Gasteiger partial charge on any atom is 0.426 e. The van der Waals surface area contributed by atoms with E-state index in [2.05, 4.69) is 6.92 Å². The molecule has 10 bridgehead atoms. The standard InChI is InChI=1S/C17H28O3.C16H22F6O3.C16H26O3.C12H16O5/c1-4-16(2,10-18)15(19)20-17(3)13-6-11-5-12(8-13)9-14(17)7-11;1-3-8(2)13(23)25-12-6-9-4-10(11(12)5-9)7-14(24,15(17,18)19)16(20,21)22;1-3-16(2,9-17)15(18)19-14-8-10-7-13(14)12-6-4-5-11(10)12;1-3-5(2)11(13)16-9-7-4-6-8(15-7)10(9)17-12(6)14/h11-14,18H,4-10H2,1-3H3;8-12,24H,3-7H2,1-2H3;10-14,17H,3-9H2,1-2H3;5-10H,3-4H2,1-2H3. The number of hydrogen-bond donors (Lipinski definition) is 3. The number of carbonyl (C=O) groups excluding carboxylic acids is 5. The largest absolute Gasteiger partial charge is 0.462 e. The summed E-state index contributed by atoms with van der Waals surface area (Å²) in [5, 5.41) is 28.3. The van der Waals surface area contributed by atoms with Crippen LogP contribution in [-0.4, -0.2) is 119 Å². The Kier molecular flexibility index (Phi) is 19.1. The van der Waals surface area contributed by atoms with Gasteiger partial charge in [0, 0.05) is 0 Å². The van der Waals surface area contributed by atoms with Crippen LogP contribution in [0.4, 0.5) is 26.3 Å². The monoisotopic (exact) mass is 1160 g/mol. The number of rotatable bonds is 16. The normalized spacial score (nSPS) is 40.0. The summed E-state index contributed by atoms with van der Waals surface area (Å²) in [7, 11) is 0. The molecular weight excluding hydrogens is 1070 g/mol. The predicted octanol–water partition coefficient (Wildman–Crippen LogP) is 10.8. The molecule has 0 aromatic rings. The van der Waals surface area contributed by atoms with E-state index in [1.807, 2.05) is 34.6 Å². The lowest BCUT2D eigenvalue weighted by Crippen LogP contribution is -2.59. The molecular formula is C61H92F6O14. The summed E-state index contributed by atoms with van der Waals surface area (Å²) in [6.45, 7) is 16.6. The Morgan fingerprint density at radius 2 is 1.17 bits per heavy atom. The van der Waals surface area contributed by atoms with Crippen molar-refractivity contribution in [1.82, 2.24) is 0 Å². The lowest BCUT2D eigenvalue weighted by molar-refractivity contribution is -0.373. The van der Waals surface area contributed by atoms with Crippen molar-refractivity contribution < 1.29 is 94.1 Å². The molecule has 20 heteroatoms. The first-order chi connectivity index (χ1) is 37.9. The van der Waals surface area contributed by atoms with Crippen LogP contribution in [0.1, 0.15) is 184 Å². The van der Waals surface area contributed by atoms with E-state index in [4.69, 9.17) is 28.4 Å². The molecule has 12 fully saturated rings. The second-order valence-electron chi connectivity index (χ2n) is 27.6. The van der Waals surface area contributed by atoms with Crippen LogP contribution in [-0.2, 0) is 52.4 Å². The summed E-state index contributed by atoms with van der Waals surface area (Å²) >= 11 is 0. The molecule has 12 aliphatic rings. The van der Waals surface area contributed by atoms with E-state index in [9.17, 15) is 65.6 Å². The van der Waals surface area contributed by atoms with Gasteiger partial charge in [-0.25, -0.2) is 0 Å². The Balaban J connectivity index is 0.000000143.